The van der Waals surface area contributed by atoms with Crippen LogP contribution in [-0.2, 0) is 10.0 Å². The molecule has 0 unspecified atom stereocenters. The maximum atomic E-state index is 12.7. The SMILES string of the molecule is Cc1ccc(C(=O)Nc2ccc(S(=O)(=O)Nc3c(C)cccc3C)cc2)cc1Br. The molecule has 0 saturated heterocycles. The summed E-state index contributed by atoms with van der Waals surface area (Å²) < 4.78 is 29.0. The van der Waals surface area contributed by atoms with Crippen molar-refractivity contribution in [2.45, 2.75) is 25.7 Å². The number of sulfonamides is 1. The second-order valence-corrected chi connectivity index (χ2v) is 9.35. The van der Waals surface area contributed by atoms with Gasteiger partial charge in [-0.2, -0.15) is 0 Å². The van der Waals surface area contributed by atoms with Gasteiger partial charge in [-0.25, -0.2) is 8.42 Å². The summed E-state index contributed by atoms with van der Waals surface area (Å²) in [4.78, 5) is 12.5. The molecule has 0 aliphatic carbocycles. The molecule has 3 aromatic rings. The van der Waals surface area contributed by atoms with Gasteiger partial charge in [0.2, 0.25) is 0 Å². The van der Waals surface area contributed by atoms with Gasteiger partial charge in [0, 0.05) is 15.7 Å². The average molecular weight is 473 g/mol. The monoisotopic (exact) mass is 472 g/mol. The van der Waals surface area contributed by atoms with Crippen LogP contribution in [0.5, 0.6) is 0 Å². The molecule has 29 heavy (non-hydrogen) atoms. The Bertz CT molecular complexity index is 1150. The Morgan fingerprint density at radius 3 is 2.07 bits per heavy atom. The third-order valence-corrected chi connectivity index (χ3v) is 6.79. The molecule has 0 saturated carbocycles. The second-order valence-electron chi connectivity index (χ2n) is 6.81. The minimum Gasteiger partial charge on any atom is -0.322 e. The molecule has 7 heteroatoms. The standard InChI is InChI=1S/C22H21BrN2O3S/c1-14-7-8-17(13-20(14)23)22(26)24-18-9-11-19(12-10-18)29(27,28)25-21-15(2)5-4-6-16(21)3/h4-13,25H,1-3H3,(H,24,26). The zero-order valence-corrected chi connectivity index (χ0v) is 18.7. The normalized spacial score (nSPS) is 11.2. The summed E-state index contributed by atoms with van der Waals surface area (Å²) in [6.07, 6.45) is 0. The van der Waals surface area contributed by atoms with Gasteiger partial charge in [0.05, 0.1) is 10.6 Å². The van der Waals surface area contributed by atoms with Crippen LogP contribution in [0.25, 0.3) is 0 Å². The lowest BCUT2D eigenvalue weighted by Crippen LogP contribution is -2.15. The zero-order valence-electron chi connectivity index (χ0n) is 16.3. The first-order valence-electron chi connectivity index (χ1n) is 8.94. The molecule has 0 radical (unpaired) electrons. The molecule has 0 spiro atoms. The zero-order chi connectivity index (χ0) is 21.2. The molecule has 0 atom stereocenters. The number of carbonyl (C=O) groups excluding carboxylic acids is 1. The number of rotatable bonds is 5. The first-order valence-corrected chi connectivity index (χ1v) is 11.2. The summed E-state index contributed by atoms with van der Waals surface area (Å²) in [5.41, 5.74) is 4.33. The number of nitrogens with one attached hydrogen (secondary N) is 2. The van der Waals surface area contributed by atoms with E-state index >= 15 is 0 Å². The summed E-state index contributed by atoms with van der Waals surface area (Å²) in [6, 6.07) is 17.0. The van der Waals surface area contributed by atoms with Crippen LogP contribution in [0, 0.1) is 20.8 Å². The van der Waals surface area contributed by atoms with Crippen molar-refractivity contribution in [1.82, 2.24) is 0 Å². The summed E-state index contributed by atoms with van der Waals surface area (Å²) in [5, 5.41) is 2.78. The van der Waals surface area contributed by atoms with Crippen molar-refractivity contribution in [1.29, 1.82) is 0 Å². The average Bonchev–Trinajstić information content (AvgIpc) is 2.67. The molecule has 3 rings (SSSR count). The molecule has 1 amide bonds. The van der Waals surface area contributed by atoms with Crippen molar-refractivity contribution in [3.8, 4) is 0 Å². The molecule has 0 bridgehead atoms. The minimum atomic E-state index is -3.74. The molecule has 0 fully saturated rings. The van der Waals surface area contributed by atoms with Crippen LogP contribution in [-0.4, -0.2) is 14.3 Å². The van der Waals surface area contributed by atoms with Gasteiger partial charge in [0.1, 0.15) is 0 Å². The first-order chi connectivity index (χ1) is 13.7. The molecular weight excluding hydrogens is 452 g/mol. The van der Waals surface area contributed by atoms with Crippen molar-refractivity contribution in [3.05, 3.63) is 87.4 Å². The number of anilines is 2. The van der Waals surface area contributed by atoms with Crippen LogP contribution in [0.2, 0.25) is 0 Å². The van der Waals surface area contributed by atoms with Crippen LogP contribution in [0.3, 0.4) is 0 Å². The predicted octanol–water partition coefficient (Wildman–Crippen LogP) is 5.43. The Balaban J connectivity index is 1.77. The number of amides is 1. The van der Waals surface area contributed by atoms with E-state index in [-0.39, 0.29) is 10.8 Å². The van der Waals surface area contributed by atoms with Gasteiger partial charge >= 0.3 is 0 Å². The van der Waals surface area contributed by atoms with E-state index in [9.17, 15) is 13.2 Å². The Morgan fingerprint density at radius 2 is 1.48 bits per heavy atom. The summed E-state index contributed by atoms with van der Waals surface area (Å²) in [7, 11) is -3.74. The van der Waals surface area contributed by atoms with Crippen molar-refractivity contribution >= 4 is 43.2 Å². The maximum Gasteiger partial charge on any atom is 0.261 e. The molecule has 0 aliphatic rings. The highest BCUT2D eigenvalue weighted by Crippen LogP contribution is 2.24. The van der Waals surface area contributed by atoms with E-state index in [1.165, 1.54) is 12.1 Å². The lowest BCUT2D eigenvalue weighted by atomic mass is 10.1. The number of halogens is 1. The van der Waals surface area contributed by atoms with Crippen LogP contribution in [0.4, 0.5) is 11.4 Å². The van der Waals surface area contributed by atoms with E-state index in [0.29, 0.717) is 16.9 Å². The van der Waals surface area contributed by atoms with Gasteiger partial charge in [-0.1, -0.05) is 40.2 Å². The van der Waals surface area contributed by atoms with E-state index in [4.69, 9.17) is 0 Å². The lowest BCUT2D eigenvalue weighted by molar-refractivity contribution is 0.102. The molecule has 5 nitrogen and oxygen atoms in total. The van der Waals surface area contributed by atoms with Crippen molar-refractivity contribution < 1.29 is 13.2 Å². The summed E-state index contributed by atoms with van der Waals surface area (Å²) in [5.74, 6) is -0.269. The van der Waals surface area contributed by atoms with E-state index in [1.54, 1.807) is 24.3 Å². The summed E-state index contributed by atoms with van der Waals surface area (Å²) >= 11 is 3.41. The Labute approximate surface area is 179 Å². The van der Waals surface area contributed by atoms with Crippen LogP contribution >= 0.6 is 15.9 Å². The molecule has 150 valence electrons. The smallest absolute Gasteiger partial charge is 0.261 e. The Morgan fingerprint density at radius 1 is 0.862 bits per heavy atom. The van der Waals surface area contributed by atoms with Crippen molar-refractivity contribution in [2.24, 2.45) is 0 Å². The van der Waals surface area contributed by atoms with Gasteiger partial charge < -0.3 is 5.32 Å². The highest BCUT2D eigenvalue weighted by atomic mass is 79.9. The molecule has 0 heterocycles. The topological polar surface area (TPSA) is 75.3 Å². The highest BCUT2D eigenvalue weighted by molar-refractivity contribution is 9.10. The quantitative estimate of drug-likeness (QED) is 0.519. The second kappa shape index (κ2) is 8.39. The fraction of sp³-hybridized carbons (Fsp3) is 0.136. The van der Waals surface area contributed by atoms with E-state index in [0.717, 1.165) is 21.2 Å². The summed E-state index contributed by atoms with van der Waals surface area (Å²) in [6.45, 7) is 5.65. The van der Waals surface area contributed by atoms with Crippen LogP contribution in [0.1, 0.15) is 27.0 Å². The Hall–Kier alpha value is -2.64. The van der Waals surface area contributed by atoms with Gasteiger partial charge in [-0.15, -0.1) is 0 Å². The van der Waals surface area contributed by atoms with Crippen molar-refractivity contribution in [3.63, 3.8) is 0 Å². The van der Waals surface area contributed by atoms with Gasteiger partial charge in [0.25, 0.3) is 15.9 Å². The number of carbonyl (C=O) groups is 1. The Kier molecular flexibility index (Phi) is 6.10. The maximum absolute atomic E-state index is 12.7. The fourth-order valence-corrected chi connectivity index (χ4v) is 4.41. The first kappa shape index (κ1) is 21.1. The number of benzene rings is 3. The van der Waals surface area contributed by atoms with Gasteiger partial charge in [-0.05, 0) is 73.9 Å². The number of para-hydroxylation sites is 1. The number of hydrogen-bond donors (Lipinski definition) is 2. The number of hydrogen-bond acceptors (Lipinski definition) is 3. The van der Waals surface area contributed by atoms with E-state index < -0.39 is 10.0 Å². The van der Waals surface area contributed by atoms with E-state index in [1.807, 2.05) is 45.0 Å². The lowest BCUT2D eigenvalue weighted by Gasteiger charge is -2.13. The fourth-order valence-electron chi connectivity index (χ4n) is 2.82. The minimum absolute atomic E-state index is 0.122. The molecule has 0 aromatic heterocycles. The third kappa shape index (κ3) is 4.86. The predicted molar refractivity (Wildman–Crippen MR) is 120 cm³/mol. The molecule has 0 aliphatic heterocycles. The van der Waals surface area contributed by atoms with Gasteiger partial charge in [-0.3, -0.25) is 9.52 Å². The van der Waals surface area contributed by atoms with Crippen molar-refractivity contribution in [2.75, 3.05) is 10.0 Å². The van der Waals surface area contributed by atoms with Gasteiger partial charge in [0.15, 0.2) is 0 Å². The molecular formula is C22H21BrN2O3S. The van der Waals surface area contributed by atoms with Crippen LogP contribution in [0.15, 0.2) is 70.0 Å². The third-order valence-electron chi connectivity index (χ3n) is 4.57. The number of aryl methyl sites for hydroxylation is 3. The molecule has 2 N–H and O–H groups in total. The van der Waals surface area contributed by atoms with Crippen LogP contribution < -0.4 is 10.0 Å². The largest absolute Gasteiger partial charge is 0.322 e. The van der Waals surface area contributed by atoms with E-state index in [2.05, 4.69) is 26.0 Å². The highest BCUT2D eigenvalue weighted by Gasteiger charge is 2.17. The molecule has 3 aromatic carbocycles.